The average Bonchev–Trinajstić information content (AvgIpc) is 2.63. The van der Waals surface area contributed by atoms with Crippen molar-refractivity contribution in [2.45, 2.75) is 6.04 Å². The van der Waals surface area contributed by atoms with Crippen molar-refractivity contribution >= 4 is 5.91 Å². The normalized spacial score (nSPS) is 11.7. The van der Waals surface area contributed by atoms with Crippen LogP contribution in [0, 0.1) is 0 Å². The molecule has 0 bridgehead atoms. The van der Waals surface area contributed by atoms with E-state index in [9.17, 15) is 9.59 Å². The van der Waals surface area contributed by atoms with Crippen molar-refractivity contribution in [3.63, 3.8) is 0 Å². The zero-order valence-electron chi connectivity index (χ0n) is 13.2. The van der Waals surface area contributed by atoms with Crippen LogP contribution in [0.2, 0.25) is 0 Å². The van der Waals surface area contributed by atoms with Crippen LogP contribution in [-0.2, 0) is 0 Å². The molecule has 3 rings (SSSR count). The van der Waals surface area contributed by atoms with E-state index in [0.717, 1.165) is 11.3 Å². The Morgan fingerprint density at radius 3 is 2.46 bits per heavy atom. The number of H-pyrrole nitrogens is 1. The summed E-state index contributed by atoms with van der Waals surface area (Å²) in [4.78, 5) is 33.2. The Bertz CT molecular complexity index is 836. The molecule has 0 spiro atoms. The molecule has 3 aromatic rings. The molecular weight excluding hydrogens is 302 g/mol. The number of aromatic nitrogens is 2. The first-order chi connectivity index (χ1) is 11.7. The zero-order chi connectivity index (χ0) is 16.9. The first-order valence-electron chi connectivity index (χ1n) is 7.59. The van der Waals surface area contributed by atoms with Crippen LogP contribution in [-0.4, -0.2) is 27.8 Å². The Balaban J connectivity index is 2.04. The van der Waals surface area contributed by atoms with Crippen LogP contribution in [0.5, 0.6) is 0 Å². The van der Waals surface area contributed by atoms with Crippen molar-refractivity contribution in [2.24, 2.45) is 0 Å². The van der Waals surface area contributed by atoms with Gasteiger partial charge in [0.15, 0.2) is 0 Å². The number of carbonyl (C=O) groups is 1. The van der Waals surface area contributed by atoms with Gasteiger partial charge in [0, 0.05) is 19.4 Å². The van der Waals surface area contributed by atoms with Crippen LogP contribution in [0.25, 0.3) is 0 Å². The summed E-state index contributed by atoms with van der Waals surface area (Å²) >= 11 is 0. The third kappa shape index (κ3) is 3.10. The highest BCUT2D eigenvalue weighted by molar-refractivity contribution is 5.94. The minimum Gasteiger partial charge on any atom is -0.329 e. The predicted molar refractivity (Wildman–Crippen MR) is 91.7 cm³/mol. The number of rotatable bonds is 4. The fourth-order valence-corrected chi connectivity index (χ4v) is 2.66. The van der Waals surface area contributed by atoms with Gasteiger partial charge in [0.1, 0.15) is 5.56 Å². The fraction of sp³-hybridized carbons (Fsp3) is 0.105. The van der Waals surface area contributed by atoms with Gasteiger partial charge in [-0.25, -0.2) is 0 Å². The number of nitrogens with one attached hydrogen (secondary N) is 1. The van der Waals surface area contributed by atoms with Crippen LogP contribution in [0.3, 0.4) is 0 Å². The van der Waals surface area contributed by atoms with E-state index in [1.807, 2.05) is 48.5 Å². The Morgan fingerprint density at radius 2 is 1.79 bits per heavy atom. The molecule has 120 valence electrons. The minimum atomic E-state index is -0.401. The number of pyridine rings is 2. The molecule has 1 unspecified atom stereocenters. The monoisotopic (exact) mass is 319 g/mol. The van der Waals surface area contributed by atoms with Crippen molar-refractivity contribution in [3.8, 4) is 0 Å². The first-order valence-corrected chi connectivity index (χ1v) is 7.59. The maximum atomic E-state index is 12.8. The lowest BCUT2D eigenvalue weighted by atomic mass is 10.0. The number of nitrogens with zero attached hydrogens (tertiary/aromatic N) is 2. The summed E-state index contributed by atoms with van der Waals surface area (Å²) in [5.74, 6) is -0.351. The summed E-state index contributed by atoms with van der Waals surface area (Å²) < 4.78 is 0. The van der Waals surface area contributed by atoms with Crippen LogP contribution < -0.4 is 5.56 Å². The summed E-state index contributed by atoms with van der Waals surface area (Å²) in [6.45, 7) is 0. The van der Waals surface area contributed by atoms with E-state index in [0.29, 0.717) is 0 Å². The highest BCUT2D eigenvalue weighted by Crippen LogP contribution is 2.26. The largest absolute Gasteiger partial charge is 0.329 e. The maximum Gasteiger partial charge on any atom is 0.260 e. The third-order valence-corrected chi connectivity index (χ3v) is 3.84. The zero-order valence-corrected chi connectivity index (χ0v) is 13.2. The molecule has 0 aliphatic heterocycles. The van der Waals surface area contributed by atoms with Gasteiger partial charge in [-0.05, 0) is 29.8 Å². The molecule has 2 heterocycles. The summed E-state index contributed by atoms with van der Waals surface area (Å²) in [5, 5.41) is 0. The second kappa shape index (κ2) is 6.91. The second-order valence-electron chi connectivity index (χ2n) is 5.40. The number of hydrogen-bond acceptors (Lipinski definition) is 3. The Morgan fingerprint density at radius 1 is 1.04 bits per heavy atom. The van der Waals surface area contributed by atoms with Gasteiger partial charge in [0.2, 0.25) is 0 Å². The summed E-state index contributed by atoms with van der Waals surface area (Å²) in [7, 11) is 1.68. The van der Waals surface area contributed by atoms with Crippen molar-refractivity contribution < 1.29 is 4.79 Å². The van der Waals surface area contributed by atoms with Crippen molar-refractivity contribution in [1.82, 2.24) is 14.9 Å². The molecule has 0 fully saturated rings. The number of amides is 1. The molecule has 0 aliphatic rings. The van der Waals surface area contributed by atoms with Crippen LogP contribution in [0.15, 0.2) is 77.9 Å². The standard InChI is InChI=1S/C19H17N3O2/c1-22(19(24)15-10-7-13-21-18(15)23)17(14-8-3-2-4-9-14)16-11-5-6-12-20-16/h2-13,17H,1H3,(H,21,23). The molecule has 0 aliphatic carbocycles. The van der Waals surface area contributed by atoms with Crippen LogP contribution >= 0.6 is 0 Å². The van der Waals surface area contributed by atoms with E-state index in [2.05, 4.69) is 9.97 Å². The summed E-state index contributed by atoms with van der Waals surface area (Å²) in [6.07, 6.45) is 3.20. The van der Waals surface area contributed by atoms with Gasteiger partial charge in [-0.2, -0.15) is 0 Å². The van der Waals surface area contributed by atoms with Gasteiger partial charge < -0.3 is 9.88 Å². The Kier molecular flexibility index (Phi) is 4.52. The van der Waals surface area contributed by atoms with Gasteiger partial charge in [-0.15, -0.1) is 0 Å². The Labute approximate surface area is 139 Å². The number of benzene rings is 1. The van der Waals surface area contributed by atoms with Crippen LogP contribution in [0.1, 0.15) is 27.7 Å². The molecule has 5 nitrogen and oxygen atoms in total. The van der Waals surface area contributed by atoms with Gasteiger partial charge >= 0.3 is 0 Å². The van der Waals surface area contributed by atoms with E-state index in [-0.39, 0.29) is 17.5 Å². The first kappa shape index (κ1) is 15.7. The third-order valence-electron chi connectivity index (χ3n) is 3.84. The number of aromatic amines is 1. The molecular formula is C19H17N3O2. The van der Waals surface area contributed by atoms with Gasteiger partial charge in [-0.3, -0.25) is 14.6 Å². The maximum absolute atomic E-state index is 12.8. The fourth-order valence-electron chi connectivity index (χ4n) is 2.66. The smallest absolute Gasteiger partial charge is 0.260 e. The number of carbonyl (C=O) groups excluding carboxylic acids is 1. The molecule has 0 saturated carbocycles. The van der Waals surface area contributed by atoms with Crippen molar-refractivity contribution in [2.75, 3.05) is 7.05 Å². The van der Waals surface area contributed by atoms with E-state index in [4.69, 9.17) is 0 Å². The lowest BCUT2D eigenvalue weighted by Crippen LogP contribution is -2.35. The minimum absolute atomic E-state index is 0.108. The van der Waals surface area contributed by atoms with E-state index >= 15 is 0 Å². The van der Waals surface area contributed by atoms with Gasteiger partial charge in [0.05, 0.1) is 11.7 Å². The van der Waals surface area contributed by atoms with Crippen LogP contribution in [0.4, 0.5) is 0 Å². The average molecular weight is 319 g/mol. The lowest BCUT2D eigenvalue weighted by Gasteiger charge is -2.28. The molecule has 2 aromatic heterocycles. The topological polar surface area (TPSA) is 66.1 Å². The Hall–Kier alpha value is -3.21. The van der Waals surface area contributed by atoms with Crippen molar-refractivity contribution in [3.05, 3.63) is 100 Å². The molecule has 0 saturated heterocycles. The quantitative estimate of drug-likeness (QED) is 0.804. The molecule has 1 amide bonds. The molecule has 1 atom stereocenters. The number of hydrogen-bond donors (Lipinski definition) is 1. The van der Waals surface area contributed by atoms with Gasteiger partial charge in [-0.1, -0.05) is 36.4 Å². The molecule has 5 heteroatoms. The summed E-state index contributed by atoms with van der Waals surface area (Å²) in [6, 6.07) is 18.0. The highest BCUT2D eigenvalue weighted by Gasteiger charge is 2.26. The van der Waals surface area contributed by atoms with Crippen molar-refractivity contribution in [1.29, 1.82) is 0 Å². The summed E-state index contributed by atoms with van der Waals surface area (Å²) in [5.41, 5.74) is 1.38. The predicted octanol–water partition coefficient (Wildman–Crippen LogP) is 2.63. The molecule has 1 aromatic carbocycles. The molecule has 0 radical (unpaired) electrons. The SMILES string of the molecule is CN(C(=O)c1ccc[nH]c1=O)C(c1ccccc1)c1ccccn1. The van der Waals surface area contributed by atoms with E-state index in [1.54, 1.807) is 24.2 Å². The molecule has 1 N–H and O–H groups in total. The van der Waals surface area contributed by atoms with E-state index in [1.165, 1.54) is 12.3 Å². The van der Waals surface area contributed by atoms with Gasteiger partial charge in [0.25, 0.3) is 11.5 Å². The lowest BCUT2D eigenvalue weighted by molar-refractivity contribution is 0.0751. The highest BCUT2D eigenvalue weighted by atomic mass is 16.2. The van der Waals surface area contributed by atoms with E-state index < -0.39 is 5.56 Å². The molecule has 24 heavy (non-hydrogen) atoms. The second-order valence-corrected chi connectivity index (χ2v) is 5.40.